The van der Waals surface area contributed by atoms with E-state index in [1.165, 1.54) is 17.0 Å². The average molecular weight is 428 g/mol. The van der Waals surface area contributed by atoms with Crippen molar-refractivity contribution in [2.24, 2.45) is 5.92 Å². The summed E-state index contributed by atoms with van der Waals surface area (Å²) in [6, 6.07) is 8.14. The molecule has 0 radical (unpaired) electrons. The summed E-state index contributed by atoms with van der Waals surface area (Å²) in [5.41, 5.74) is 0.734. The van der Waals surface area contributed by atoms with Gasteiger partial charge in [-0.1, -0.05) is 12.1 Å². The number of anilines is 2. The van der Waals surface area contributed by atoms with Gasteiger partial charge >= 0.3 is 6.09 Å². The maximum atomic E-state index is 11.7. The van der Waals surface area contributed by atoms with Gasteiger partial charge in [-0.3, -0.25) is 10.1 Å². The molecule has 10 heteroatoms. The van der Waals surface area contributed by atoms with Crippen LogP contribution in [0.5, 0.6) is 0 Å². The minimum Gasteiger partial charge on any atom is -0.465 e. The molecule has 1 aromatic carbocycles. The van der Waals surface area contributed by atoms with E-state index in [0.717, 1.165) is 37.1 Å². The molecule has 1 aromatic heterocycles. The van der Waals surface area contributed by atoms with E-state index in [1.54, 1.807) is 18.3 Å². The van der Waals surface area contributed by atoms with Crippen LogP contribution in [0, 0.1) is 16.0 Å². The Kier molecular flexibility index (Phi) is 7.22. The third kappa shape index (κ3) is 6.27. The Morgan fingerprint density at radius 3 is 2.45 bits per heavy atom. The normalized spacial score (nSPS) is 18.3. The Labute approximate surface area is 181 Å². The number of carboxylic acid groups (broad SMARTS) is 1. The first-order valence-corrected chi connectivity index (χ1v) is 10.3. The van der Waals surface area contributed by atoms with E-state index in [-0.39, 0.29) is 24.2 Å². The van der Waals surface area contributed by atoms with Gasteiger partial charge < -0.3 is 20.2 Å². The molecular weight excluding hydrogens is 400 g/mol. The molecule has 0 saturated heterocycles. The Bertz CT molecular complexity index is 897. The topological polar surface area (TPSA) is 125 Å². The Morgan fingerprint density at radius 1 is 1.19 bits per heavy atom. The van der Waals surface area contributed by atoms with Crippen molar-refractivity contribution >= 4 is 23.5 Å². The van der Waals surface area contributed by atoms with Gasteiger partial charge in [0.1, 0.15) is 5.82 Å². The van der Waals surface area contributed by atoms with Crippen LogP contribution >= 0.6 is 0 Å². The summed E-state index contributed by atoms with van der Waals surface area (Å²) in [6.07, 6.45) is 4.42. The molecule has 1 aliphatic carbocycles. The Hall–Kier alpha value is -3.43. The summed E-state index contributed by atoms with van der Waals surface area (Å²) < 4.78 is 0. The van der Waals surface area contributed by atoms with Gasteiger partial charge in [-0.05, 0) is 43.2 Å². The van der Waals surface area contributed by atoms with Gasteiger partial charge in [0, 0.05) is 51.6 Å². The Morgan fingerprint density at radius 2 is 1.87 bits per heavy atom. The van der Waals surface area contributed by atoms with Gasteiger partial charge in [-0.25, -0.2) is 9.78 Å². The van der Waals surface area contributed by atoms with E-state index in [0.29, 0.717) is 12.5 Å². The van der Waals surface area contributed by atoms with Crippen LogP contribution in [0.3, 0.4) is 0 Å². The fourth-order valence-corrected chi connectivity index (χ4v) is 3.81. The second-order valence-electron chi connectivity index (χ2n) is 8.08. The quantitative estimate of drug-likeness (QED) is 0.483. The molecule has 0 aliphatic heterocycles. The number of aromatic nitrogens is 2. The number of nitro benzene ring substituents is 1. The van der Waals surface area contributed by atoms with Crippen molar-refractivity contribution in [3.8, 4) is 0 Å². The fourth-order valence-electron chi connectivity index (χ4n) is 3.81. The van der Waals surface area contributed by atoms with E-state index >= 15 is 0 Å². The van der Waals surface area contributed by atoms with Crippen molar-refractivity contribution in [3.63, 3.8) is 0 Å². The molecule has 10 nitrogen and oxygen atoms in total. The summed E-state index contributed by atoms with van der Waals surface area (Å²) in [4.78, 5) is 34.2. The lowest BCUT2D eigenvalue weighted by Crippen LogP contribution is -2.36. The summed E-state index contributed by atoms with van der Waals surface area (Å²) in [7, 11) is 3.87. The zero-order valence-electron chi connectivity index (χ0n) is 17.8. The second-order valence-corrected chi connectivity index (χ2v) is 8.08. The highest BCUT2D eigenvalue weighted by Gasteiger charge is 2.25. The molecule has 0 unspecified atom stereocenters. The molecule has 1 saturated carbocycles. The van der Waals surface area contributed by atoms with Gasteiger partial charge in [-0.15, -0.1) is 0 Å². The molecule has 0 bridgehead atoms. The van der Waals surface area contributed by atoms with Gasteiger partial charge in [0.25, 0.3) is 5.69 Å². The van der Waals surface area contributed by atoms with E-state index in [9.17, 15) is 20.0 Å². The zero-order valence-corrected chi connectivity index (χ0v) is 17.8. The zero-order chi connectivity index (χ0) is 22.4. The van der Waals surface area contributed by atoms with E-state index in [4.69, 9.17) is 0 Å². The third-order valence-electron chi connectivity index (χ3n) is 5.55. The smallest absolute Gasteiger partial charge is 0.407 e. The predicted molar refractivity (Wildman–Crippen MR) is 117 cm³/mol. The first-order valence-electron chi connectivity index (χ1n) is 10.3. The van der Waals surface area contributed by atoms with Crippen molar-refractivity contribution in [1.82, 2.24) is 14.9 Å². The maximum absolute atomic E-state index is 11.7. The highest BCUT2D eigenvalue weighted by Crippen LogP contribution is 2.27. The summed E-state index contributed by atoms with van der Waals surface area (Å²) in [5.74, 6) is 1.73. The molecule has 1 amide bonds. The van der Waals surface area contributed by atoms with Crippen molar-refractivity contribution in [2.45, 2.75) is 38.3 Å². The largest absolute Gasteiger partial charge is 0.465 e. The van der Waals surface area contributed by atoms with Crippen LogP contribution in [0.15, 0.2) is 36.5 Å². The molecule has 166 valence electrons. The van der Waals surface area contributed by atoms with Crippen LogP contribution in [0.2, 0.25) is 0 Å². The standard InChI is InChI=1S/C21H28N6O4/c1-25(2)19-11-12-22-20(24-19)23-17-7-3-15(4-8-17)13-26(21(28)29)14-16-5-9-18(10-6-16)27(30)31/h5-6,9-12,15,17H,3-4,7-8,13-14H2,1-2H3,(H,28,29)(H,22,23,24)/t15-,17+. The van der Waals surface area contributed by atoms with E-state index in [2.05, 4.69) is 15.3 Å². The van der Waals surface area contributed by atoms with Gasteiger partial charge in [0.15, 0.2) is 0 Å². The highest BCUT2D eigenvalue weighted by molar-refractivity contribution is 5.65. The van der Waals surface area contributed by atoms with Crippen molar-refractivity contribution in [3.05, 3.63) is 52.2 Å². The predicted octanol–water partition coefficient (Wildman–Crippen LogP) is 3.60. The number of hydrogen-bond acceptors (Lipinski definition) is 7. The molecule has 2 N–H and O–H groups in total. The first-order chi connectivity index (χ1) is 14.8. The molecule has 0 atom stereocenters. The van der Waals surface area contributed by atoms with Crippen LogP contribution in [0.25, 0.3) is 0 Å². The van der Waals surface area contributed by atoms with E-state index in [1.807, 2.05) is 25.1 Å². The monoisotopic (exact) mass is 428 g/mol. The number of hydrogen-bond donors (Lipinski definition) is 2. The molecule has 3 rings (SSSR count). The summed E-state index contributed by atoms with van der Waals surface area (Å²) in [6.45, 7) is 0.669. The number of nitro groups is 1. The molecule has 0 spiro atoms. The second kappa shape index (κ2) is 10.1. The number of amides is 1. The van der Waals surface area contributed by atoms with Crippen LogP contribution in [-0.2, 0) is 6.54 Å². The lowest BCUT2D eigenvalue weighted by atomic mass is 9.85. The summed E-state index contributed by atoms with van der Waals surface area (Å²) >= 11 is 0. The fraction of sp³-hybridized carbons (Fsp3) is 0.476. The number of nitrogens with one attached hydrogen (secondary N) is 1. The van der Waals surface area contributed by atoms with Crippen LogP contribution in [0.1, 0.15) is 31.2 Å². The van der Waals surface area contributed by atoms with E-state index < -0.39 is 11.0 Å². The van der Waals surface area contributed by atoms with Gasteiger partial charge in [-0.2, -0.15) is 4.98 Å². The number of carbonyl (C=O) groups is 1. The Balaban J connectivity index is 1.51. The molecular formula is C21H28N6O4. The minimum atomic E-state index is -0.979. The molecule has 1 aliphatic rings. The van der Waals surface area contributed by atoms with Gasteiger partial charge in [0.05, 0.1) is 4.92 Å². The van der Waals surface area contributed by atoms with Crippen LogP contribution in [0.4, 0.5) is 22.2 Å². The maximum Gasteiger partial charge on any atom is 0.407 e. The number of non-ortho nitro benzene ring substituents is 1. The number of nitrogens with zero attached hydrogens (tertiary/aromatic N) is 5. The number of rotatable bonds is 8. The molecule has 2 aromatic rings. The third-order valence-corrected chi connectivity index (χ3v) is 5.55. The van der Waals surface area contributed by atoms with Gasteiger partial charge in [0.2, 0.25) is 5.95 Å². The van der Waals surface area contributed by atoms with Crippen molar-refractivity contribution in [2.75, 3.05) is 30.9 Å². The van der Waals surface area contributed by atoms with Crippen molar-refractivity contribution < 1.29 is 14.8 Å². The molecule has 31 heavy (non-hydrogen) atoms. The number of benzene rings is 1. The summed E-state index contributed by atoms with van der Waals surface area (Å²) in [5, 5.41) is 23.8. The first kappa shape index (κ1) is 22.3. The van der Waals surface area contributed by atoms with Crippen molar-refractivity contribution in [1.29, 1.82) is 0 Å². The SMILES string of the molecule is CN(C)c1ccnc(N[C@H]2CC[C@@H](CN(Cc3ccc([N+](=O)[O-])cc3)C(=O)O)CC2)n1. The lowest BCUT2D eigenvalue weighted by Gasteiger charge is -2.32. The average Bonchev–Trinajstić information content (AvgIpc) is 2.75. The molecule has 1 heterocycles. The van der Waals surface area contributed by atoms with Crippen LogP contribution < -0.4 is 10.2 Å². The lowest BCUT2D eigenvalue weighted by molar-refractivity contribution is -0.384. The highest BCUT2D eigenvalue weighted by atomic mass is 16.6. The minimum absolute atomic E-state index is 0.00320. The molecule has 1 fully saturated rings. The van der Waals surface area contributed by atoms with Crippen LogP contribution in [-0.4, -0.2) is 57.7 Å².